The van der Waals surface area contributed by atoms with Crippen molar-refractivity contribution in [3.63, 3.8) is 0 Å². The van der Waals surface area contributed by atoms with E-state index in [0.717, 1.165) is 36.8 Å². The highest BCUT2D eigenvalue weighted by Crippen LogP contribution is 2.45. The minimum Gasteiger partial charge on any atom is -0.448 e. The molecule has 3 aliphatic rings. The Hall–Kier alpha value is -3.40. The zero-order valence-corrected chi connectivity index (χ0v) is 20.4. The molecule has 178 valence electrons. The average Bonchev–Trinajstić information content (AvgIpc) is 3.34. The maximum atomic E-state index is 13.3. The smallest absolute Gasteiger partial charge is 0.410 e. The summed E-state index contributed by atoms with van der Waals surface area (Å²) in [5, 5.41) is 0. The van der Waals surface area contributed by atoms with E-state index < -0.39 is 0 Å². The summed E-state index contributed by atoms with van der Waals surface area (Å²) < 4.78 is 5.97. The Morgan fingerprint density at radius 3 is 2.03 bits per heavy atom. The first-order chi connectivity index (χ1) is 17.0. The highest BCUT2D eigenvalue weighted by molar-refractivity contribution is 5.98. The molecule has 3 aromatic rings. The van der Waals surface area contributed by atoms with Crippen molar-refractivity contribution in [3.05, 3.63) is 94.5 Å². The van der Waals surface area contributed by atoms with E-state index in [9.17, 15) is 9.59 Å². The SMILES string of the molecule is Cc1ccc(C(=O)C2CC3CCC(C2)N3C(=O)OCC2c3ccccc3-c3ccccc32)cc1C. The molecule has 35 heavy (non-hydrogen) atoms. The van der Waals surface area contributed by atoms with Crippen LogP contribution in [0.5, 0.6) is 0 Å². The van der Waals surface area contributed by atoms with Crippen LogP contribution in [-0.2, 0) is 4.74 Å². The predicted molar refractivity (Wildman–Crippen MR) is 137 cm³/mol. The second kappa shape index (κ2) is 8.67. The van der Waals surface area contributed by atoms with E-state index in [1.54, 1.807) is 0 Å². The van der Waals surface area contributed by atoms with Crippen LogP contribution in [0.25, 0.3) is 11.1 Å². The zero-order chi connectivity index (χ0) is 24.1. The van der Waals surface area contributed by atoms with Crippen LogP contribution >= 0.6 is 0 Å². The van der Waals surface area contributed by atoms with Crippen molar-refractivity contribution in [1.82, 2.24) is 4.90 Å². The van der Waals surface area contributed by atoms with Crippen LogP contribution < -0.4 is 0 Å². The van der Waals surface area contributed by atoms with E-state index in [4.69, 9.17) is 4.74 Å². The van der Waals surface area contributed by atoms with E-state index in [1.165, 1.54) is 27.8 Å². The van der Waals surface area contributed by atoms with Crippen LogP contribution in [0, 0.1) is 19.8 Å². The summed E-state index contributed by atoms with van der Waals surface area (Å²) in [5.41, 5.74) is 8.06. The molecule has 2 atom stereocenters. The molecule has 0 spiro atoms. The number of aryl methyl sites for hydroxylation is 2. The van der Waals surface area contributed by atoms with E-state index in [1.807, 2.05) is 23.1 Å². The second-order valence-electron chi connectivity index (χ2n) is 10.4. The van der Waals surface area contributed by atoms with E-state index in [2.05, 4.69) is 62.4 Å². The fraction of sp³-hybridized carbons (Fsp3) is 0.355. The van der Waals surface area contributed by atoms with Gasteiger partial charge in [-0.05, 0) is 79.0 Å². The molecule has 4 heteroatoms. The second-order valence-corrected chi connectivity index (χ2v) is 10.4. The summed E-state index contributed by atoms with van der Waals surface area (Å²) in [5.74, 6) is 0.261. The van der Waals surface area contributed by atoms with E-state index in [-0.39, 0.29) is 35.8 Å². The number of hydrogen-bond donors (Lipinski definition) is 0. The van der Waals surface area contributed by atoms with Gasteiger partial charge in [0.25, 0.3) is 0 Å². The van der Waals surface area contributed by atoms with Gasteiger partial charge in [-0.3, -0.25) is 4.79 Å². The Morgan fingerprint density at radius 2 is 1.43 bits per heavy atom. The van der Waals surface area contributed by atoms with Crippen molar-refractivity contribution in [2.75, 3.05) is 6.61 Å². The van der Waals surface area contributed by atoms with Gasteiger partial charge in [0.15, 0.2) is 5.78 Å². The molecule has 2 bridgehead atoms. The average molecular weight is 466 g/mol. The Kier molecular flexibility index (Phi) is 5.47. The summed E-state index contributed by atoms with van der Waals surface area (Å²) in [6, 6.07) is 23.0. The van der Waals surface area contributed by atoms with Gasteiger partial charge in [-0.25, -0.2) is 4.79 Å². The maximum Gasteiger partial charge on any atom is 0.410 e. The van der Waals surface area contributed by atoms with Crippen molar-refractivity contribution in [1.29, 1.82) is 0 Å². The van der Waals surface area contributed by atoms with Gasteiger partial charge in [-0.15, -0.1) is 0 Å². The number of carbonyl (C=O) groups is 2. The Labute approximate surface area is 206 Å². The molecule has 1 aliphatic carbocycles. The number of hydrogen-bond acceptors (Lipinski definition) is 3. The Bertz CT molecular complexity index is 1250. The molecule has 2 unspecified atom stereocenters. The van der Waals surface area contributed by atoms with Gasteiger partial charge in [0.2, 0.25) is 0 Å². The van der Waals surface area contributed by atoms with Gasteiger partial charge >= 0.3 is 6.09 Å². The molecule has 2 fully saturated rings. The predicted octanol–water partition coefficient (Wildman–Crippen LogP) is 6.68. The minimum absolute atomic E-state index is 0.0211. The number of ketones is 1. The lowest BCUT2D eigenvalue weighted by Gasteiger charge is -2.37. The van der Waals surface area contributed by atoms with Crippen molar-refractivity contribution < 1.29 is 14.3 Å². The van der Waals surface area contributed by atoms with Crippen LogP contribution in [0.4, 0.5) is 4.79 Å². The highest BCUT2D eigenvalue weighted by Gasteiger charge is 2.46. The number of rotatable bonds is 4. The molecule has 0 aromatic heterocycles. The third-order valence-corrected chi connectivity index (χ3v) is 8.44. The number of piperidine rings is 1. The Morgan fingerprint density at radius 1 is 0.829 bits per heavy atom. The van der Waals surface area contributed by atoms with Gasteiger partial charge in [0, 0.05) is 29.5 Å². The molecule has 2 aliphatic heterocycles. The normalized spacial score (nSPS) is 22.6. The fourth-order valence-electron chi connectivity index (χ4n) is 6.49. The molecule has 6 rings (SSSR count). The number of nitrogens with zero attached hydrogens (tertiary/aromatic N) is 1. The van der Waals surface area contributed by atoms with Crippen molar-refractivity contribution in [2.45, 2.75) is 57.5 Å². The quantitative estimate of drug-likeness (QED) is 0.404. The first kappa shape index (κ1) is 22.1. The lowest BCUT2D eigenvalue weighted by atomic mass is 9.84. The van der Waals surface area contributed by atoms with Crippen molar-refractivity contribution in [2.24, 2.45) is 5.92 Å². The third-order valence-electron chi connectivity index (χ3n) is 8.44. The molecule has 0 radical (unpaired) electrons. The number of carbonyl (C=O) groups excluding carboxylic acids is 2. The van der Waals surface area contributed by atoms with Crippen molar-refractivity contribution >= 4 is 11.9 Å². The maximum absolute atomic E-state index is 13.3. The standard InChI is InChI=1S/C31H31NO3/c1-19-11-12-21(15-20(19)2)30(33)22-16-23-13-14-24(17-22)32(23)31(34)35-18-29-27-9-5-3-7-25(27)26-8-4-6-10-28(26)29/h3-12,15,22-24,29H,13-14,16-18H2,1-2H3. The molecular weight excluding hydrogens is 434 g/mol. The largest absolute Gasteiger partial charge is 0.448 e. The molecule has 2 saturated heterocycles. The zero-order valence-electron chi connectivity index (χ0n) is 20.4. The monoisotopic (exact) mass is 465 g/mol. The van der Waals surface area contributed by atoms with E-state index >= 15 is 0 Å². The summed E-state index contributed by atoms with van der Waals surface area (Å²) in [6.07, 6.45) is 3.13. The minimum atomic E-state index is -0.226. The highest BCUT2D eigenvalue weighted by atomic mass is 16.6. The molecular formula is C31H31NO3. The van der Waals surface area contributed by atoms with Gasteiger partial charge in [-0.2, -0.15) is 0 Å². The topological polar surface area (TPSA) is 46.6 Å². The summed E-state index contributed by atoms with van der Waals surface area (Å²) in [6.45, 7) is 4.46. The van der Waals surface area contributed by atoms with Crippen LogP contribution in [0.3, 0.4) is 0 Å². The van der Waals surface area contributed by atoms with Crippen LogP contribution in [0.2, 0.25) is 0 Å². The summed E-state index contributed by atoms with van der Waals surface area (Å²) in [7, 11) is 0. The van der Waals surface area contributed by atoms with Crippen LogP contribution in [0.15, 0.2) is 66.7 Å². The third kappa shape index (κ3) is 3.76. The van der Waals surface area contributed by atoms with Crippen LogP contribution in [0.1, 0.15) is 64.2 Å². The summed E-state index contributed by atoms with van der Waals surface area (Å²) >= 11 is 0. The summed E-state index contributed by atoms with van der Waals surface area (Å²) in [4.78, 5) is 28.5. The number of fused-ring (bicyclic) bond motifs is 5. The molecule has 3 aromatic carbocycles. The number of Topliss-reactive ketones (excluding diaryl/α,β-unsaturated/α-hetero) is 1. The number of amides is 1. The molecule has 0 N–H and O–H groups in total. The first-order valence-electron chi connectivity index (χ1n) is 12.8. The number of ether oxygens (including phenoxy) is 1. The fourth-order valence-corrected chi connectivity index (χ4v) is 6.49. The molecule has 1 amide bonds. The lowest BCUT2D eigenvalue weighted by molar-refractivity contribution is 0.0506. The van der Waals surface area contributed by atoms with Gasteiger partial charge in [0.1, 0.15) is 6.61 Å². The van der Waals surface area contributed by atoms with Crippen molar-refractivity contribution in [3.8, 4) is 11.1 Å². The lowest BCUT2D eigenvalue weighted by Crippen LogP contribution is -2.48. The van der Waals surface area contributed by atoms with Gasteiger partial charge in [0.05, 0.1) is 0 Å². The van der Waals surface area contributed by atoms with Crippen LogP contribution in [-0.4, -0.2) is 35.5 Å². The molecule has 4 nitrogen and oxygen atoms in total. The number of benzene rings is 3. The molecule has 0 saturated carbocycles. The van der Waals surface area contributed by atoms with E-state index in [0.29, 0.717) is 6.61 Å². The van der Waals surface area contributed by atoms with Gasteiger partial charge < -0.3 is 9.64 Å². The first-order valence-corrected chi connectivity index (χ1v) is 12.8. The molecule has 2 heterocycles. The van der Waals surface area contributed by atoms with Gasteiger partial charge in [-0.1, -0.05) is 60.7 Å². The Balaban J connectivity index is 1.14.